The maximum Gasteiger partial charge on any atom is 0.135 e. The molecule has 0 radical (unpaired) electrons. The Morgan fingerprint density at radius 3 is 2.08 bits per heavy atom. The number of hydrogen-bond acceptors (Lipinski definition) is 4. The van der Waals surface area contributed by atoms with Gasteiger partial charge in [0.2, 0.25) is 0 Å². The van der Waals surface area contributed by atoms with Crippen molar-refractivity contribution in [3.8, 4) is 29.0 Å². The first-order valence-corrected chi connectivity index (χ1v) is 16.4. The van der Waals surface area contributed by atoms with E-state index in [4.69, 9.17) is 4.42 Å². The van der Waals surface area contributed by atoms with Crippen molar-refractivity contribution in [1.29, 1.82) is 10.5 Å². The second-order valence-corrected chi connectivity index (χ2v) is 12.7. The summed E-state index contributed by atoms with van der Waals surface area (Å²) in [5.41, 5.74) is 10.8. The monoisotopic (exact) mass is 626 g/mol. The number of nitrogens with zero attached hydrogens (tertiary/aromatic N) is 4. The SMILES string of the molecule is N#Cc1ccc(N2c3ccc4oc5ccccc5c4c3C3C=CC=CC32)c(-c2ccc(-n3c4ccccc4c4ccccc43)cc2C#N)c1. The summed E-state index contributed by atoms with van der Waals surface area (Å²) in [6, 6.07) is 46.0. The topological polar surface area (TPSA) is 68.9 Å². The van der Waals surface area contributed by atoms with Crippen LogP contribution in [0.1, 0.15) is 22.6 Å². The van der Waals surface area contributed by atoms with Gasteiger partial charge in [-0.1, -0.05) is 85.0 Å². The Bertz CT molecular complexity index is 2780. The van der Waals surface area contributed by atoms with Crippen LogP contribution in [0.15, 0.2) is 150 Å². The molecule has 0 bridgehead atoms. The molecule has 2 aromatic heterocycles. The highest BCUT2D eigenvalue weighted by atomic mass is 16.3. The Balaban J connectivity index is 1.20. The molecule has 2 atom stereocenters. The molecule has 228 valence electrons. The fourth-order valence-electron chi connectivity index (χ4n) is 8.17. The summed E-state index contributed by atoms with van der Waals surface area (Å²) in [4.78, 5) is 2.37. The number of allylic oxidation sites excluding steroid dienone is 2. The van der Waals surface area contributed by atoms with Gasteiger partial charge < -0.3 is 13.9 Å². The molecule has 0 N–H and O–H groups in total. The van der Waals surface area contributed by atoms with Crippen molar-refractivity contribution < 1.29 is 4.42 Å². The third kappa shape index (κ3) is 3.85. The first-order chi connectivity index (χ1) is 24.2. The highest BCUT2D eigenvalue weighted by Crippen LogP contribution is 2.54. The Morgan fingerprint density at radius 2 is 1.31 bits per heavy atom. The average molecular weight is 627 g/mol. The van der Waals surface area contributed by atoms with Crippen LogP contribution in [0.4, 0.5) is 11.4 Å². The summed E-state index contributed by atoms with van der Waals surface area (Å²) in [6.45, 7) is 0. The minimum Gasteiger partial charge on any atom is -0.456 e. The molecule has 6 aromatic carbocycles. The number of nitriles is 2. The quantitative estimate of drug-likeness (QED) is 0.196. The van der Waals surface area contributed by atoms with Gasteiger partial charge in [0.15, 0.2) is 0 Å². The Labute approximate surface area is 282 Å². The van der Waals surface area contributed by atoms with Crippen LogP contribution in [0, 0.1) is 22.7 Å². The lowest BCUT2D eigenvalue weighted by molar-refractivity contribution is 0.668. The molecule has 1 aliphatic carbocycles. The summed E-state index contributed by atoms with van der Waals surface area (Å²) >= 11 is 0. The molecule has 5 heteroatoms. The van der Waals surface area contributed by atoms with Crippen molar-refractivity contribution in [3.05, 3.63) is 162 Å². The van der Waals surface area contributed by atoms with E-state index >= 15 is 0 Å². The lowest BCUT2D eigenvalue weighted by atomic mass is 9.88. The van der Waals surface area contributed by atoms with Gasteiger partial charge in [-0.3, -0.25) is 0 Å². The summed E-state index contributed by atoms with van der Waals surface area (Å²) in [5, 5.41) is 25.3. The van der Waals surface area contributed by atoms with E-state index in [1.807, 2.05) is 54.6 Å². The normalized spacial score (nSPS) is 16.3. The summed E-state index contributed by atoms with van der Waals surface area (Å²) in [5.74, 6) is 0.0984. The number of aromatic nitrogens is 1. The fraction of sp³-hybridized carbons (Fsp3) is 0.0455. The Kier molecular flexibility index (Phi) is 5.76. The van der Waals surface area contributed by atoms with Gasteiger partial charge in [0, 0.05) is 55.7 Å². The zero-order chi connectivity index (χ0) is 32.6. The summed E-state index contributed by atoms with van der Waals surface area (Å²) in [7, 11) is 0. The van der Waals surface area contributed by atoms with Crippen LogP contribution in [-0.2, 0) is 0 Å². The highest BCUT2D eigenvalue weighted by molar-refractivity contribution is 6.11. The van der Waals surface area contributed by atoms with Crippen molar-refractivity contribution in [2.24, 2.45) is 0 Å². The predicted molar refractivity (Wildman–Crippen MR) is 196 cm³/mol. The smallest absolute Gasteiger partial charge is 0.135 e. The van der Waals surface area contributed by atoms with E-state index in [9.17, 15) is 10.5 Å². The lowest BCUT2D eigenvalue weighted by Crippen LogP contribution is -2.29. The van der Waals surface area contributed by atoms with E-state index in [1.165, 1.54) is 16.3 Å². The molecule has 5 nitrogen and oxygen atoms in total. The summed E-state index contributed by atoms with van der Waals surface area (Å²) in [6.07, 6.45) is 8.75. The molecule has 0 saturated carbocycles. The largest absolute Gasteiger partial charge is 0.456 e. The van der Waals surface area contributed by atoms with Crippen LogP contribution in [0.2, 0.25) is 0 Å². The van der Waals surface area contributed by atoms with Crippen molar-refractivity contribution >= 4 is 55.1 Å². The Hall–Kier alpha value is -6.82. The molecule has 0 spiro atoms. The molecule has 3 heterocycles. The number of furan rings is 1. The molecule has 2 aliphatic rings. The van der Waals surface area contributed by atoms with Crippen LogP contribution < -0.4 is 4.90 Å². The van der Waals surface area contributed by atoms with Gasteiger partial charge in [0.05, 0.1) is 40.3 Å². The Morgan fingerprint density at radius 1 is 0.592 bits per heavy atom. The van der Waals surface area contributed by atoms with E-state index in [0.717, 1.165) is 61.2 Å². The fourth-order valence-corrected chi connectivity index (χ4v) is 8.17. The molecule has 2 unspecified atom stereocenters. The molecule has 0 amide bonds. The van der Waals surface area contributed by atoms with Gasteiger partial charge in [-0.25, -0.2) is 0 Å². The number of para-hydroxylation sites is 3. The molecular weight excluding hydrogens is 601 g/mol. The number of benzene rings is 6. The molecule has 49 heavy (non-hydrogen) atoms. The van der Waals surface area contributed by atoms with Gasteiger partial charge in [-0.05, 0) is 66.2 Å². The minimum atomic E-state index is 0.00774. The van der Waals surface area contributed by atoms with Crippen LogP contribution in [0.5, 0.6) is 0 Å². The highest BCUT2D eigenvalue weighted by Gasteiger charge is 2.40. The minimum absolute atomic E-state index is 0.00774. The second kappa shape index (κ2) is 10.3. The molecule has 1 aliphatic heterocycles. The summed E-state index contributed by atoms with van der Waals surface area (Å²) < 4.78 is 8.54. The maximum absolute atomic E-state index is 10.7. The average Bonchev–Trinajstić information content (AvgIpc) is 3.82. The van der Waals surface area contributed by atoms with Gasteiger partial charge in [-0.2, -0.15) is 10.5 Å². The zero-order valence-corrected chi connectivity index (χ0v) is 26.2. The van der Waals surface area contributed by atoms with Gasteiger partial charge in [-0.15, -0.1) is 0 Å². The van der Waals surface area contributed by atoms with E-state index in [-0.39, 0.29) is 12.0 Å². The molecule has 8 aromatic rings. The lowest BCUT2D eigenvalue weighted by Gasteiger charge is -2.31. The van der Waals surface area contributed by atoms with E-state index < -0.39 is 0 Å². The molecule has 0 fully saturated rings. The van der Waals surface area contributed by atoms with E-state index in [0.29, 0.717) is 11.1 Å². The third-order valence-electron chi connectivity index (χ3n) is 10.2. The van der Waals surface area contributed by atoms with Gasteiger partial charge in [0.25, 0.3) is 0 Å². The maximum atomic E-state index is 10.7. The van der Waals surface area contributed by atoms with Crippen LogP contribution in [0.25, 0.3) is 60.6 Å². The third-order valence-corrected chi connectivity index (χ3v) is 10.2. The number of rotatable bonds is 3. The van der Waals surface area contributed by atoms with Crippen molar-refractivity contribution in [2.75, 3.05) is 4.90 Å². The van der Waals surface area contributed by atoms with Crippen molar-refractivity contribution in [1.82, 2.24) is 4.57 Å². The van der Waals surface area contributed by atoms with Crippen LogP contribution in [0.3, 0.4) is 0 Å². The number of hydrogen-bond donors (Lipinski definition) is 0. The van der Waals surface area contributed by atoms with Gasteiger partial charge in [0.1, 0.15) is 11.2 Å². The molecular formula is C44H26N4O. The van der Waals surface area contributed by atoms with Crippen LogP contribution in [-0.4, -0.2) is 10.6 Å². The first kappa shape index (κ1) is 27.3. The zero-order valence-electron chi connectivity index (χ0n) is 26.2. The molecule has 0 saturated heterocycles. The first-order valence-electron chi connectivity index (χ1n) is 16.4. The van der Waals surface area contributed by atoms with Crippen LogP contribution >= 0.6 is 0 Å². The second-order valence-electron chi connectivity index (χ2n) is 12.7. The molecule has 10 rings (SSSR count). The van der Waals surface area contributed by atoms with E-state index in [1.54, 1.807) is 0 Å². The van der Waals surface area contributed by atoms with Crippen molar-refractivity contribution in [2.45, 2.75) is 12.0 Å². The number of fused-ring (bicyclic) bond motifs is 10. The number of anilines is 2. The standard InChI is InChI=1S/C44H26N4O/c45-25-27-17-20-39(48-38-15-7-3-11-33(38)43-40(48)21-22-42-44(43)34-12-4-8-16-41(34)49-42)35(23-27)30-19-18-29(24-28(30)26-46)47-36-13-5-1-9-31(36)32-10-2-6-14-37(32)47/h1-24,33,38H. The van der Waals surface area contributed by atoms with E-state index in [2.05, 4.69) is 113 Å². The van der Waals surface area contributed by atoms with Crippen molar-refractivity contribution in [3.63, 3.8) is 0 Å². The predicted octanol–water partition coefficient (Wildman–Crippen LogP) is 10.8. The van der Waals surface area contributed by atoms with Gasteiger partial charge >= 0.3 is 0 Å².